The molecule has 0 aliphatic rings. The maximum Gasteiger partial charge on any atom is 0.170 e. The van der Waals surface area contributed by atoms with E-state index < -0.39 is 5.75 Å². The first-order chi connectivity index (χ1) is 6.07. The third kappa shape index (κ3) is 1.56. The molecule has 0 saturated heterocycles. The Bertz CT molecular complexity index is 347. The fourth-order valence-corrected chi connectivity index (χ4v) is 1.04. The second-order valence-electron chi connectivity index (χ2n) is 2.66. The van der Waals surface area contributed by atoms with Gasteiger partial charge in [-0.25, -0.2) is 0 Å². The van der Waals surface area contributed by atoms with Crippen LogP contribution in [0.5, 0.6) is 17.2 Å². The molecule has 1 aromatic carbocycles. The van der Waals surface area contributed by atoms with E-state index in [1.54, 1.807) is 6.92 Å². The molecule has 1 rings (SSSR count). The van der Waals surface area contributed by atoms with Crippen LogP contribution in [0.1, 0.15) is 18.9 Å². The summed E-state index contributed by atoms with van der Waals surface area (Å²) in [6.07, 6.45) is 0.380. The summed E-state index contributed by atoms with van der Waals surface area (Å²) in [6.45, 7) is 1.73. The third-order valence-electron chi connectivity index (χ3n) is 1.79. The molecule has 0 aliphatic carbocycles. The standard InChI is InChI=1S/C9H11NO3/c1-2-5(10)8-6(11)3-4-7(12)9(8)13/h3-4,10-13H,2H2,1H3. The van der Waals surface area contributed by atoms with Crippen molar-refractivity contribution in [1.29, 1.82) is 5.41 Å². The molecule has 0 bridgehead atoms. The van der Waals surface area contributed by atoms with Gasteiger partial charge in [-0.05, 0) is 18.6 Å². The topological polar surface area (TPSA) is 84.5 Å². The summed E-state index contributed by atoms with van der Waals surface area (Å²) in [5, 5.41) is 35.2. The molecule has 0 atom stereocenters. The first-order valence-corrected chi connectivity index (χ1v) is 3.89. The van der Waals surface area contributed by atoms with Gasteiger partial charge in [-0.15, -0.1) is 0 Å². The van der Waals surface area contributed by atoms with Crippen LogP contribution in [0.25, 0.3) is 0 Å². The maximum atomic E-state index is 9.33. The summed E-state index contributed by atoms with van der Waals surface area (Å²) in [4.78, 5) is 0. The van der Waals surface area contributed by atoms with Crippen molar-refractivity contribution in [2.24, 2.45) is 0 Å². The van der Waals surface area contributed by atoms with Crippen molar-refractivity contribution in [3.05, 3.63) is 17.7 Å². The van der Waals surface area contributed by atoms with E-state index in [2.05, 4.69) is 0 Å². The van der Waals surface area contributed by atoms with E-state index in [1.807, 2.05) is 0 Å². The SMILES string of the molecule is CCC(=N)c1c(O)ccc(O)c1O. The molecule has 0 fully saturated rings. The molecule has 13 heavy (non-hydrogen) atoms. The molecule has 1 aromatic rings. The largest absolute Gasteiger partial charge is 0.507 e. The quantitative estimate of drug-likeness (QED) is 0.317. The van der Waals surface area contributed by atoms with E-state index in [-0.39, 0.29) is 22.8 Å². The van der Waals surface area contributed by atoms with Crippen LogP contribution in [0.2, 0.25) is 0 Å². The molecule has 70 valence electrons. The fraction of sp³-hybridized carbons (Fsp3) is 0.222. The van der Waals surface area contributed by atoms with E-state index in [9.17, 15) is 10.2 Å². The van der Waals surface area contributed by atoms with Gasteiger partial charge in [-0.1, -0.05) is 6.92 Å². The van der Waals surface area contributed by atoms with Crippen LogP contribution in [0.3, 0.4) is 0 Å². The van der Waals surface area contributed by atoms with Gasteiger partial charge in [0.1, 0.15) is 5.75 Å². The molecule has 0 heterocycles. The van der Waals surface area contributed by atoms with Gasteiger partial charge in [0.25, 0.3) is 0 Å². The summed E-state index contributed by atoms with van der Waals surface area (Å²) in [5.41, 5.74) is 0.0911. The number of hydrogen-bond donors (Lipinski definition) is 4. The molecule has 4 nitrogen and oxygen atoms in total. The highest BCUT2D eigenvalue weighted by molar-refractivity contribution is 6.03. The zero-order valence-corrected chi connectivity index (χ0v) is 7.20. The summed E-state index contributed by atoms with van der Waals surface area (Å²) < 4.78 is 0. The second-order valence-corrected chi connectivity index (χ2v) is 2.66. The zero-order valence-electron chi connectivity index (χ0n) is 7.20. The lowest BCUT2D eigenvalue weighted by atomic mass is 10.1. The summed E-state index contributed by atoms with van der Waals surface area (Å²) in [5.74, 6) is -0.958. The van der Waals surface area contributed by atoms with Crippen molar-refractivity contribution < 1.29 is 15.3 Å². The maximum absolute atomic E-state index is 9.33. The van der Waals surface area contributed by atoms with Crippen LogP contribution in [0.15, 0.2) is 12.1 Å². The van der Waals surface area contributed by atoms with Crippen LogP contribution in [-0.2, 0) is 0 Å². The molecular formula is C9H11NO3. The van der Waals surface area contributed by atoms with Crippen molar-refractivity contribution in [3.8, 4) is 17.2 Å². The molecular weight excluding hydrogens is 170 g/mol. The number of aromatic hydroxyl groups is 3. The van der Waals surface area contributed by atoms with Crippen LogP contribution in [0, 0.1) is 5.41 Å². The second kappa shape index (κ2) is 3.35. The van der Waals surface area contributed by atoms with Crippen molar-refractivity contribution in [1.82, 2.24) is 0 Å². The van der Waals surface area contributed by atoms with Crippen molar-refractivity contribution in [3.63, 3.8) is 0 Å². The highest BCUT2D eigenvalue weighted by atomic mass is 16.3. The van der Waals surface area contributed by atoms with Gasteiger partial charge < -0.3 is 20.7 Å². The van der Waals surface area contributed by atoms with E-state index >= 15 is 0 Å². The Balaban J connectivity index is 3.33. The van der Waals surface area contributed by atoms with Gasteiger partial charge in [-0.2, -0.15) is 0 Å². The van der Waals surface area contributed by atoms with Gasteiger partial charge in [0.15, 0.2) is 11.5 Å². The normalized spacial score (nSPS) is 9.92. The van der Waals surface area contributed by atoms with Crippen molar-refractivity contribution >= 4 is 5.71 Å². The Morgan fingerprint density at radius 1 is 1.23 bits per heavy atom. The van der Waals surface area contributed by atoms with E-state index in [0.717, 1.165) is 0 Å². The molecule has 0 aromatic heterocycles. The van der Waals surface area contributed by atoms with Crippen LogP contribution < -0.4 is 0 Å². The van der Waals surface area contributed by atoms with Gasteiger partial charge in [0.2, 0.25) is 0 Å². The molecule has 0 radical (unpaired) electrons. The number of hydrogen-bond acceptors (Lipinski definition) is 4. The Morgan fingerprint density at radius 2 is 1.77 bits per heavy atom. The highest BCUT2D eigenvalue weighted by Gasteiger charge is 2.14. The average molecular weight is 181 g/mol. The highest BCUT2D eigenvalue weighted by Crippen LogP contribution is 2.35. The summed E-state index contributed by atoms with van der Waals surface area (Å²) in [7, 11) is 0. The molecule has 0 spiro atoms. The monoisotopic (exact) mass is 181 g/mol. The predicted molar refractivity (Wildman–Crippen MR) is 48.6 cm³/mol. The molecule has 0 saturated carbocycles. The molecule has 0 aliphatic heterocycles. The Morgan fingerprint density at radius 3 is 2.31 bits per heavy atom. The Labute approximate surface area is 75.6 Å². The third-order valence-corrected chi connectivity index (χ3v) is 1.79. The van der Waals surface area contributed by atoms with E-state index in [4.69, 9.17) is 10.5 Å². The van der Waals surface area contributed by atoms with Crippen LogP contribution in [-0.4, -0.2) is 21.0 Å². The van der Waals surface area contributed by atoms with Crippen LogP contribution >= 0.6 is 0 Å². The van der Waals surface area contributed by atoms with Gasteiger partial charge in [0.05, 0.1) is 5.56 Å². The smallest absolute Gasteiger partial charge is 0.170 e. The molecule has 0 amide bonds. The fourth-order valence-electron chi connectivity index (χ4n) is 1.04. The van der Waals surface area contributed by atoms with E-state index in [0.29, 0.717) is 6.42 Å². The van der Waals surface area contributed by atoms with Crippen molar-refractivity contribution in [2.75, 3.05) is 0 Å². The van der Waals surface area contributed by atoms with Crippen LogP contribution in [0.4, 0.5) is 0 Å². The summed E-state index contributed by atoms with van der Waals surface area (Å²) in [6, 6.07) is 2.42. The molecule has 4 heteroatoms. The molecule has 0 unspecified atom stereocenters. The lowest BCUT2D eigenvalue weighted by Gasteiger charge is -2.07. The first-order valence-electron chi connectivity index (χ1n) is 3.89. The number of nitrogens with one attached hydrogen (secondary N) is 1. The molecule has 4 N–H and O–H groups in total. The van der Waals surface area contributed by atoms with Gasteiger partial charge in [-0.3, -0.25) is 0 Å². The minimum Gasteiger partial charge on any atom is -0.507 e. The number of benzene rings is 1. The zero-order chi connectivity index (χ0) is 10.0. The number of phenolic OH excluding ortho intramolecular Hbond substituents is 3. The van der Waals surface area contributed by atoms with E-state index in [1.165, 1.54) is 12.1 Å². The summed E-state index contributed by atoms with van der Waals surface area (Å²) >= 11 is 0. The lowest BCUT2D eigenvalue weighted by Crippen LogP contribution is -1.97. The number of rotatable bonds is 2. The number of phenols is 3. The minimum atomic E-state index is -0.438. The minimum absolute atomic E-state index is 0.00231. The predicted octanol–water partition coefficient (Wildman–Crippen LogP) is 1.58. The Kier molecular flexibility index (Phi) is 2.41. The lowest BCUT2D eigenvalue weighted by molar-refractivity contribution is 0.395. The first kappa shape index (κ1) is 9.38. The Hall–Kier alpha value is -1.71. The van der Waals surface area contributed by atoms with Crippen molar-refractivity contribution in [2.45, 2.75) is 13.3 Å². The van der Waals surface area contributed by atoms with Gasteiger partial charge in [0, 0.05) is 5.71 Å². The average Bonchev–Trinajstić information content (AvgIpc) is 2.12. The van der Waals surface area contributed by atoms with Gasteiger partial charge >= 0.3 is 0 Å².